The molecule has 0 atom stereocenters. The molecule has 1 aromatic carbocycles. The largest absolute Gasteiger partial charge is 0.456 e. The van der Waals surface area contributed by atoms with Gasteiger partial charge in [0.25, 0.3) is 5.91 Å². The van der Waals surface area contributed by atoms with Crippen LogP contribution in [0.5, 0.6) is 11.5 Å². The minimum Gasteiger partial charge on any atom is -0.456 e. The number of nitrogens with one attached hydrogen (secondary N) is 1. The third-order valence-corrected chi connectivity index (χ3v) is 6.53. The topological polar surface area (TPSA) is 84.4 Å². The molecule has 1 saturated heterocycles. The maximum absolute atomic E-state index is 12.6. The van der Waals surface area contributed by atoms with Gasteiger partial charge >= 0.3 is 0 Å². The maximum Gasteiger partial charge on any atom is 0.264 e. The number of nitrogens with zero attached hydrogens (tertiary/aromatic N) is 3. The fourth-order valence-corrected chi connectivity index (χ4v) is 4.60. The number of aromatic nitrogens is 2. The highest BCUT2D eigenvalue weighted by Gasteiger charge is 2.24. The van der Waals surface area contributed by atoms with Crippen LogP contribution in [-0.4, -0.2) is 39.8 Å². The Morgan fingerprint density at radius 3 is 2.67 bits per heavy atom. The summed E-state index contributed by atoms with van der Waals surface area (Å²) in [6.45, 7) is 3.51. The van der Waals surface area contributed by atoms with Crippen molar-refractivity contribution in [3.05, 3.63) is 76.9 Å². The Bertz CT molecular complexity index is 1330. The number of carbonyl (C=O) groups is 2. The van der Waals surface area contributed by atoms with Crippen LogP contribution in [0.2, 0.25) is 0 Å². The molecule has 5 rings (SSSR count). The predicted molar refractivity (Wildman–Crippen MR) is 128 cm³/mol. The third kappa shape index (κ3) is 4.70. The summed E-state index contributed by atoms with van der Waals surface area (Å²) in [5, 5.41) is 2.82. The summed E-state index contributed by atoms with van der Waals surface area (Å²) >= 11 is 1.40. The lowest BCUT2D eigenvalue weighted by Crippen LogP contribution is -2.41. The lowest BCUT2D eigenvalue weighted by molar-refractivity contribution is -0.115. The summed E-state index contributed by atoms with van der Waals surface area (Å²) in [5.41, 5.74) is 2.47. The number of benzene rings is 1. The molecule has 4 heterocycles. The summed E-state index contributed by atoms with van der Waals surface area (Å²) < 4.78 is 6.93. The monoisotopic (exact) mass is 458 g/mol. The van der Waals surface area contributed by atoms with Crippen molar-refractivity contribution in [3.8, 4) is 11.5 Å². The van der Waals surface area contributed by atoms with Crippen LogP contribution in [0.25, 0.3) is 10.2 Å². The van der Waals surface area contributed by atoms with Gasteiger partial charge in [-0.25, -0.2) is 4.98 Å². The van der Waals surface area contributed by atoms with E-state index in [9.17, 15) is 9.59 Å². The molecule has 8 heteroatoms. The van der Waals surface area contributed by atoms with Crippen LogP contribution in [0, 0.1) is 6.92 Å². The van der Waals surface area contributed by atoms with E-state index >= 15 is 0 Å². The molecular formula is C25H22N4O3S. The molecule has 0 spiro atoms. The molecule has 0 bridgehead atoms. The Hall–Kier alpha value is -3.78. The van der Waals surface area contributed by atoms with E-state index in [1.54, 1.807) is 18.3 Å². The molecule has 4 aromatic rings. The molecular weight excluding hydrogens is 436 g/mol. The molecule has 7 nitrogen and oxygen atoms in total. The quantitative estimate of drug-likeness (QED) is 0.448. The van der Waals surface area contributed by atoms with Gasteiger partial charge in [-0.2, -0.15) is 0 Å². The van der Waals surface area contributed by atoms with E-state index in [4.69, 9.17) is 4.74 Å². The number of carbonyl (C=O) groups excluding carboxylic acids is 2. The predicted octanol–water partition coefficient (Wildman–Crippen LogP) is 4.82. The average Bonchev–Trinajstić information content (AvgIpc) is 3.19. The highest BCUT2D eigenvalue weighted by atomic mass is 32.1. The van der Waals surface area contributed by atoms with Gasteiger partial charge in [0, 0.05) is 31.0 Å². The van der Waals surface area contributed by atoms with Crippen LogP contribution >= 0.6 is 11.3 Å². The lowest BCUT2D eigenvalue weighted by atomic mass is 10.1. The summed E-state index contributed by atoms with van der Waals surface area (Å²) in [7, 11) is 0. The van der Waals surface area contributed by atoms with Gasteiger partial charge in [-0.05, 0) is 49.2 Å². The second-order valence-corrected chi connectivity index (χ2v) is 8.97. The normalized spacial score (nSPS) is 12.9. The van der Waals surface area contributed by atoms with Gasteiger partial charge in [-0.3, -0.25) is 14.6 Å². The zero-order valence-corrected chi connectivity index (χ0v) is 18.9. The minimum absolute atomic E-state index is 0.0543. The molecule has 0 saturated carbocycles. The van der Waals surface area contributed by atoms with E-state index in [0.29, 0.717) is 22.2 Å². The molecule has 0 aliphatic carbocycles. The Morgan fingerprint density at radius 2 is 1.94 bits per heavy atom. The van der Waals surface area contributed by atoms with E-state index in [1.165, 1.54) is 11.3 Å². The molecule has 2 amide bonds. The number of likely N-dealkylation sites (tertiary alicyclic amines) is 1. The van der Waals surface area contributed by atoms with Crippen molar-refractivity contribution in [2.75, 3.05) is 18.4 Å². The molecule has 1 fully saturated rings. The molecule has 3 aromatic heterocycles. The fraction of sp³-hybridized carbons (Fsp3) is 0.200. The van der Waals surface area contributed by atoms with Crippen molar-refractivity contribution in [1.82, 2.24) is 14.9 Å². The fourth-order valence-electron chi connectivity index (χ4n) is 3.56. The first kappa shape index (κ1) is 21.1. The Morgan fingerprint density at radius 1 is 1.12 bits per heavy atom. The maximum atomic E-state index is 12.6. The van der Waals surface area contributed by atoms with Crippen molar-refractivity contribution >= 4 is 39.2 Å². The van der Waals surface area contributed by atoms with Crippen LogP contribution in [-0.2, 0) is 11.2 Å². The van der Waals surface area contributed by atoms with Crippen molar-refractivity contribution in [2.24, 2.45) is 0 Å². The Balaban J connectivity index is 1.26. The number of aryl methyl sites for hydroxylation is 1. The van der Waals surface area contributed by atoms with Crippen LogP contribution in [0.15, 0.2) is 60.8 Å². The molecule has 1 aliphatic rings. The number of fused-ring (bicyclic) bond motifs is 1. The van der Waals surface area contributed by atoms with E-state index in [2.05, 4.69) is 15.3 Å². The van der Waals surface area contributed by atoms with E-state index in [-0.39, 0.29) is 18.2 Å². The first-order chi connectivity index (χ1) is 16.0. The van der Waals surface area contributed by atoms with Crippen LogP contribution in [0.3, 0.4) is 0 Å². The van der Waals surface area contributed by atoms with Crippen LogP contribution < -0.4 is 10.1 Å². The number of hydrogen-bond acceptors (Lipinski definition) is 6. The number of rotatable bonds is 6. The molecule has 33 heavy (non-hydrogen) atoms. The SMILES string of the molecule is Cc1cccc(NC(=O)Cc2ccc(Oc3ccnc4cc(C(=O)N5CCC5)sc34)cc2)n1. The lowest BCUT2D eigenvalue weighted by Gasteiger charge is -2.30. The minimum atomic E-state index is -0.129. The van der Waals surface area contributed by atoms with Crippen LogP contribution in [0.4, 0.5) is 5.82 Å². The standard InChI is InChI=1S/C25H22N4O3S/c1-16-4-2-5-22(27-16)28-23(30)14-17-6-8-18(9-7-17)32-20-10-11-26-19-15-21(33-24(19)20)25(31)29-12-3-13-29/h2,4-11,15H,3,12-14H2,1H3,(H,27,28,30). The first-order valence-electron chi connectivity index (χ1n) is 10.7. The number of hydrogen-bond donors (Lipinski definition) is 1. The number of amides is 2. The molecule has 1 N–H and O–H groups in total. The second kappa shape index (κ2) is 8.99. The zero-order valence-electron chi connectivity index (χ0n) is 18.1. The van der Waals surface area contributed by atoms with E-state index < -0.39 is 0 Å². The number of anilines is 1. The molecule has 166 valence electrons. The van der Waals surface area contributed by atoms with Crippen molar-refractivity contribution in [1.29, 1.82) is 0 Å². The first-order valence-corrected chi connectivity index (χ1v) is 11.5. The summed E-state index contributed by atoms with van der Waals surface area (Å²) in [6.07, 6.45) is 2.98. The molecule has 0 radical (unpaired) electrons. The number of thiophene rings is 1. The van der Waals surface area contributed by atoms with E-state index in [0.717, 1.165) is 41.0 Å². The van der Waals surface area contributed by atoms with Crippen molar-refractivity contribution < 1.29 is 14.3 Å². The molecule has 0 unspecified atom stereocenters. The highest BCUT2D eigenvalue weighted by Crippen LogP contribution is 2.35. The van der Waals surface area contributed by atoms with Gasteiger partial charge in [-0.1, -0.05) is 18.2 Å². The highest BCUT2D eigenvalue weighted by molar-refractivity contribution is 7.21. The van der Waals surface area contributed by atoms with Gasteiger partial charge in [0.15, 0.2) is 0 Å². The molecule has 1 aliphatic heterocycles. The Labute approximate surface area is 195 Å². The van der Waals surface area contributed by atoms with Gasteiger partial charge < -0.3 is 15.0 Å². The summed E-state index contributed by atoms with van der Waals surface area (Å²) in [6, 6.07) is 16.5. The number of pyridine rings is 2. The number of ether oxygens (including phenoxy) is 1. The summed E-state index contributed by atoms with van der Waals surface area (Å²) in [5.74, 6) is 1.78. The van der Waals surface area contributed by atoms with Crippen LogP contribution in [0.1, 0.15) is 27.3 Å². The van der Waals surface area contributed by atoms with Crippen molar-refractivity contribution in [2.45, 2.75) is 19.8 Å². The van der Waals surface area contributed by atoms with Gasteiger partial charge in [0.1, 0.15) is 17.3 Å². The van der Waals surface area contributed by atoms with Gasteiger partial charge in [-0.15, -0.1) is 11.3 Å². The third-order valence-electron chi connectivity index (χ3n) is 5.40. The average molecular weight is 459 g/mol. The zero-order chi connectivity index (χ0) is 22.8. The van der Waals surface area contributed by atoms with E-state index in [1.807, 2.05) is 54.3 Å². The smallest absolute Gasteiger partial charge is 0.264 e. The van der Waals surface area contributed by atoms with Gasteiger partial charge in [0.2, 0.25) is 5.91 Å². The van der Waals surface area contributed by atoms with Gasteiger partial charge in [0.05, 0.1) is 21.5 Å². The summed E-state index contributed by atoms with van der Waals surface area (Å²) in [4.78, 5) is 36.1. The van der Waals surface area contributed by atoms with Crippen molar-refractivity contribution in [3.63, 3.8) is 0 Å². The Kier molecular flexibility index (Phi) is 5.75. The second-order valence-electron chi connectivity index (χ2n) is 7.92.